The zero-order chi connectivity index (χ0) is 13.8. The Kier molecular flexibility index (Phi) is 4.06. The van der Waals surface area contributed by atoms with Gasteiger partial charge in [-0.25, -0.2) is 4.79 Å². The molecule has 0 aliphatic heterocycles. The molecule has 0 aliphatic carbocycles. The van der Waals surface area contributed by atoms with Crippen LogP contribution in [-0.4, -0.2) is 20.3 Å². The molecule has 2 aromatic rings. The van der Waals surface area contributed by atoms with Gasteiger partial charge in [0, 0.05) is 12.4 Å². The Hall–Kier alpha value is -2.01. The van der Waals surface area contributed by atoms with Gasteiger partial charge in [0.2, 0.25) is 0 Å². The minimum atomic E-state index is -1.40. The van der Waals surface area contributed by atoms with E-state index < -0.39 is 16.8 Å². The zero-order valence-electron chi connectivity index (χ0n) is 10.4. The number of aryl methyl sites for hydroxylation is 1. The molecule has 98 valence electrons. The first-order valence-electron chi connectivity index (χ1n) is 5.69. The molecule has 1 aromatic heterocycles. The predicted octanol–water partition coefficient (Wildman–Crippen LogP) is 2.40. The molecule has 1 aromatic carbocycles. The van der Waals surface area contributed by atoms with Gasteiger partial charge in [0.05, 0.1) is 27.0 Å². The molecule has 19 heavy (non-hydrogen) atoms. The first-order valence-corrected chi connectivity index (χ1v) is 7.01. The number of aromatic nitrogens is 1. The lowest BCUT2D eigenvalue weighted by Gasteiger charge is -2.06. The summed E-state index contributed by atoms with van der Waals surface area (Å²) in [7, 11) is -1.40. The summed E-state index contributed by atoms with van der Waals surface area (Å²) in [5.41, 5.74) is 1.90. The second kappa shape index (κ2) is 5.75. The summed E-state index contributed by atoms with van der Waals surface area (Å²) in [5, 5.41) is 9.08. The number of rotatable bonds is 4. The Morgan fingerprint density at radius 1 is 1.32 bits per heavy atom. The molecule has 4 nitrogen and oxygen atoms in total. The highest BCUT2D eigenvalue weighted by molar-refractivity contribution is 7.84. The standard InChI is InChI=1S/C14H13NO3S/c1-10-6-11(8-15-7-10)9-19(18)13-5-3-2-4-12(13)14(16)17/h2-8H,9H2,1H3,(H,16,17). The van der Waals surface area contributed by atoms with Gasteiger partial charge < -0.3 is 5.11 Å². The number of carbonyl (C=O) groups is 1. The van der Waals surface area contributed by atoms with Crippen LogP contribution in [0.2, 0.25) is 0 Å². The van der Waals surface area contributed by atoms with Crippen molar-refractivity contribution in [3.63, 3.8) is 0 Å². The number of nitrogens with zero attached hydrogens (tertiary/aromatic N) is 1. The second-order valence-corrected chi connectivity index (χ2v) is 5.58. The summed E-state index contributed by atoms with van der Waals surface area (Å²) >= 11 is 0. The average molecular weight is 275 g/mol. The van der Waals surface area contributed by atoms with Crippen LogP contribution < -0.4 is 0 Å². The van der Waals surface area contributed by atoms with Crippen LogP contribution in [0.1, 0.15) is 21.5 Å². The topological polar surface area (TPSA) is 67.3 Å². The fourth-order valence-corrected chi connectivity index (χ4v) is 3.01. The highest BCUT2D eigenvalue weighted by atomic mass is 32.2. The molecule has 0 bridgehead atoms. The number of carboxylic acid groups (broad SMARTS) is 1. The SMILES string of the molecule is Cc1cncc(CS(=O)c2ccccc2C(=O)O)c1. The van der Waals surface area contributed by atoms with Crippen molar-refractivity contribution in [2.45, 2.75) is 17.6 Å². The minimum Gasteiger partial charge on any atom is -0.478 e. The third kappa shape index (κ3) is 3.26. The van der Waals surface area contributed by atoms with E-state index in [9.17, 15) is 9.00 Å². The van der Waals surface area contributed by atoms with Crippen molar-refractivity contribution < 1.29 is 14.1 Å². The van der Waals surface area contributed by atoms with E-state index in [4.69, 9.17) is 5.11 Å². The van der Waals surface area contributed by atoms with Gasteiger partial charge in [0.1, 0.15) is 0 Å². The predicted molar refractivity (Wildman–Crippen MR) is 72.5 cm³/mol. The van der Waals surface area contributed by atoms with Crippen molar-refractivity contribution in [3.05, 3.63) is 59.4 Å². The average Bonchev–Trinajstić information content (AvgIpc) is 2.38. The Morgan fingerprint density at radius 3 is 2.74 bits per heavy atom. The molecule has 0 saturated carbocycles. The third-order valence-electron chi connectivity index (χ3n) is 2.59. The van der Waals surface area contributed by atoms with E-state index in [1.54, 1.807) is 30.6 Å². The maximum Gasteiger partial charge on any atom is 0.336 e. The smallest absolute Gasteiger partial charge is 0.336 e. The summed E-state index contributed by atoms with van der Waals surface area (Å²) in [4.78, 5) is 15.5. The number of carboxylic acids is 1. The molecule has 1 unspecified atom stereocenters. The molecule has 0 saturated heterocycles. The highest BCUT2D eigenvalue weighted by Crippen LogP contribution is 2.17. The summed E-state index contributed by atoms with van der Waals surface area (Å²) in [6.45, 7) is 1.91. The first kappa shape index (κ1) is 13.4. The van der Waals surface area contributed by atoms with Crippen LogP contribution in [0.4, 0.5) is 0 Å². The molecule has 0 fully saturated rings. The van der Waals surface area contributed by atoms with Crippen molar-refractivity contribution in [1.29, 1.82) is 0 Å². The molecule has 2 rings (SSSR count). The van der Waals surface area contributed by atoms with E-state index in [0.29, 0.717) is 4.90 Å². The summed E-state index contributed by atoms with van der Waals surface area (Å²) in [6.07, 6.45) is 3.37. The van der Waals surface area contributed by atoms with Gasteiger partial charge in [-0.1, -0.05) is 18.2 Å². The van der Waals surface area contributed by atoms with Crippen LogP contribution in [0.15, 0.2) is 47.6 Å². The van der Waals surface area contributed by atoms with Crippen LogP contribution in [-0.2, 0) is 16.6 Å². The monoisotopic (exact) mass is 275 g/mol. The van der Waals surface area contributed by atoms with Gasteiger partial charge in [0.15, 0.2) is 0 Å². The quantitative estimate of drug-likeness (QED) is 0.930. The molecule has 1 atom stereocenters. The lowest BCUT2D eigenvalue weighted by atomic mass is 10.2. The fraction of sp³-hybridized carbons (Fsp3) is 0.143. The number of hydrogen-bond donors (Lipinski definition) is 1. The lowest BCUT2D eigenvalue weighted by Crippen LogP contribution is -2.06. The fourth-order valence-electron chi connectivity index (χ4n) is 1.77. The van der Waals surface area contributed by atoms with Gasteiger partial charge >= 0.3 is 5.97 Å². The molecular weight excluding hydrogens is 262 g/mol. The van der Waals surface area contributed by atoms with Crippen molar-refractivity contribution in [2.75, 3.05) is 0 Å². The van der Waals surface area contributed by atoms with Crippen molar-refractivity contribution >= 4 is 16.8 Å². The van der Waals surface area contributed by atoms with E-state index >= 15 is 0 Å². The number of aromatic carboxylic acids is 1. The van der Waals surface area contributed by atoms with Gasteiger partial charge in [-0.15, -0.1) is 0 Å². The summed E-state index contributed by atoms with van der Waals surface area (Å²) < 4.78 is 12.3. The van der Waals surface area contributed by atoms with E-state index in [2.05, 4.69) is 4.98 Å². The van der Waals surface area contributed by atoms with E-state index in [1.807, 2.05) is 13.0 Å². The molecule has 0 aliphatic rings. The van der Waals surface area contributed by atoms with E-state index in [-0.39, 0.29) is 11.3 Å². The van der Waals surface area contributed by atoms with E-state index in [1.165, 1.54) is 6.07 Å². The number of pyridine rings is 1. The Bertz CT molecular complexity index is 640. The lowest BCUT2D eigenvalue weighted by molar-refractivity contribution is 0.0693. The van der Waals surface area contributed by atoms with Crippen molar-refractivity contribution in [2.24, 2.45) is 0 Å². The summed E-state index contributed by atoms with van der Waals surface area (Å²) in [6, 6.07) is 8.26. The molecule has 1 heterocycles. The molecule has 1 N–H and O–H groups in total. The van der Waals surface area contributed by atoms with E-state index in [0.717, 1.165) is 11.1 Å². The Balaban J connectivity index is 2.28. The normalized spacial score (nSPS) is 12.1. The molecule has 0 radical (unpaired) electrons. The molecule has 0 amide bonds. The van der Waals surface area contributed by atoms with Gasteiger partial charge in [0.25, 0.3) is 0 Å². The van der Waals surface area contributed by atoms with Gasteiger partial charge in [-0.3, -0.25) is 9.19 Å². The minimum absolute atomic E-state index is 0.0847. The zero-order valence-corrected chi connectivity index (χ0v) is 11.2. The van der Waals surface area contributed by atoms with Crippen LogP contribution in [0.5, 0.6) is 0 Å². The molecule has 0 spiro atoms. The van der Waals surface area contributed by atoms with Crippen molar-refractivity contribution in [1.82, 2.24) is 4.98 Å². The first-order chi connectivity index (χ1) is 9.08. The Labute approximate surface area is 113 Å². The maximum atomic E-state index is 12.3. The van der Waals surface area contributed by atoms with Crippen molar-refractivity contribution in [3.8, 4) is 0 Å². The summed E-state index contributed by atoms with van der Waals surface area (Å²) in [5.74, 6) is -0.801. The van der Waals surface area contributed by atoms with Crippen LogP contribution in [0, 0.1) is 6.92 Å². The second-order valence-electron chi connectivity index (χ2n) is 4.16. The number of hydrogen-bond acceptors (Lipinski definition) is 3. The van der Waals surface area contributed by atoms with Gasteiger partial charge in [-0.2, -0.15) is 0 Å². The van der Waals surface area contributed by atoms with Crippen LogP contribution in [0.3, 0.4) is 0 Å². The molecule has 5 heteroatoms. The van der Waals surface area contributed by atoms with Gasteiger partial charge in [-0.05, 0) is 30.2 Å². The third-order valence-corrected chi connectivity index (χ3v) is 4.03. The van der Waals surface area contributed by atoms with Crippen LogP contribution >= 0.6 is 0 Å². The van der Waals surface area contributed by atoms with Crippen LogP contribution in [0.25, 0.3) is 0 Å². The molecular formula is C14H13NO3S. The largest absolute Gasteiger partial charge is 0.478 e. The number of benzene rings is 1. The Morgan fingerprint density at radius 2 is 2.05 bits per heavy atom. The maximum absolute atomic E-state index is 12.3. The highest BCUT2D eigenvalue weighted by Gasteiger charge is 2.14.